The fourth-order valence-electron chi connectivity index (χ4n) is 4.56. The molecule has 0 spiro atoms. The van der Waals surface area contributed by atoms with Crippen molar-refractivity contribution in [3.8, 4) is 5.75 Å². The van der Waals surface area contributed by atoms with Crippen LogP contribution in [0.4, 0.5) is 0 Å². The second-order valence-electron chi connectivity index (χ2n) is 8.39. The first-order valence-corrected chi connectivity index (χ1v) is 12.9. The van der Waals surface area contributed by atoms with Gasteiger partial charge in [-0.25, -0.2) is 8.42 Å². The van der Waals surface area contributed by atoms with Gasteiger partial charge < -0.3 is 10.1 Å². The zero-order valence-corrected chi connectivity index (χ0v) is 19.3. The Morgan fingerprint density at radius 1 is 1.07 bits per heavy atom. The van der Waals surface area contributed by atoms with Crippen LogP contribution < -0.4 is 10.1 Å². The summed E-state index contributed by atoms with van der Waals surface area (Å²) in [6, 6.07) is 4.45. The average molecular weight is 457 g/mol. The summed E-state index contributed by atoms with van der Waals surface area (Å²) < 4.78 is 33.6. The smallest absolute Gasteiger partial charge is 0.243 e. The Labute approximate surface area is 185 Å². The van der Waals surface area contributed by atoms with Crippen LogP contribution in [-0.4, -0.2) is 44.4 Å². The number of rotatable bonds is 7. The van der Waals surface area contributed by atoms with Gasteiger partial charge in [-0.2, -0.15) is 4.31 Å². The summed E-state index contributed by atoms with van der Waals surface area (Å²) in [7, 11) is -2.37. The number of hydrogen-bond donors (Lipinski definition) is 1. The molecule has 0 saturated heterocycles. The summed E-state index contributed by atoms with van der Waals surface area (Å²) in [6.45, 7) is -0.146. The van der Waals surface area contributed by atoms with E-state index >= 15 is 0 Å². The van der Waals surface area contributed by atoms with Crippen molar-refractivity contribution in [2.45, 2.75) is 87.6 Å². The summed E-state index contributed by atoms with van der Waals surface area (Å²) >= 11 is 6.19. The van der Waals surface area contributed by atoms with Crippen molar-refractivity contribution in [3.63, 3.8) is 0 Å². The molecule has 0 aliphatic heterocycles. The van der Waals surface area contributed by atoms with Gasteiger partial charge in [-0.05, 0) is 43.9 Å². The predicted molar refractivity (Wildman–Crippen MR) is 118 cm³/mol. The van der Waals surface area contributed by atoms with Crippen molar-refractivity contribution in [2.75, 3.05) is 13.7 Å². The van der Waals surface area contributed by atoms with Gasteiger partial charge in [0.1, 0.15) is 5.75 Å². The van der Waals surface area contributed by atoms with Crippen LogP contribution in [0.3, 0.4) is 0 Å². The molecule has 6 nitrogen and oxygen atoms in total. The van der Waals surface area contributed by atoms with Crippen LogP contribution in [0.25, 0.3) is 0 Å². The van der Waals surface area contributed by atoms with E-state index in [1.165, 1.54) is 36.4 Å². The Morgan fingerprint density at radius 3 is 2.27 bits per heavy atom. The van der Waals surface area contributed by atoms with Crippen molar-refractivity contribution in [1.82, 2.24) is 9.62 Å². The largest absolute Gasteiger partial charge is 0.495 e. The lowest BCUT2D eigenvalue weighted by Gasteiger charge is -2.33. The highest BCUT2D eigenvalue weighted by Gasteiger charge is 2.34. The molecule has 0 bridgehead atoms. The molecule has 1 aromatic rings. The molecule has 1 amide bonds. The number of hydrogen-bond acceptors (Lipinski definition) is 4. The molecule has 0 aromatic heterocycles. The summed E-state index contributed by atoms with van der Waals surface area (Å²) in [5.74, 6) is 0.210. The Morgan fingerprint density at radius 2 is 1.67 bits per heavy atom. The molecule has 168 valence electrons. The number of amides is 1. The lowest BCUT2D eigenvalue weighted by Crippen LogP contribution is -2.48. The maximum atomic E-state index is 13.5. The molecule has 0 atom stereocenters. The number of halogens is 1. The molecule has 2 aliphatic rings. The molecular weight excluding hydrogens is 424 g/mol. The van der Waals surface area contributed by atoms with Gasteiger partial charge in [0.05, 0.1) is 23.6 Å². The fraction of sp³-hybridized carbons (Fsp3) is 0.682. The highest BCUT2D eigenvalue weighted by atomic mass is 35.5. The van der Waals surface area contributed by atoms with E-state index in [0.29, 0.717) is 5.75 Å². The third kappa shape index (κ3) is 5.89. The van der Waals surface area contributed by atoms with Gasteiger partial charge in [0, 0.05) is 12.1 Å². The predicted octanol–water partition coefficient (Wildman–Crippen LogP) is 4.51. The number of carbonyl (C=O) groups excluding carboxylic acids is 1. The molecule has 8 heteroatoms. The Balaban J connectivity index is 1.80. The van der Waals surface area contributed by atoms with E-state index < -0.39 is 10.0 Å². The lowest BCUT2D eigenvalue weighted by atomic mass is 9.95. The first kappa shape index (κ1) is 23.4. The molecule has 1 N–H and O–H groups in total. The normalized spacial score (nSPS) is 19.4. The van der Waals surface area contributed by atoms with Gasteiger partial charge in [-0.1, -0.05) is 56.5 Å². The fourth-order valence-corrected chi connectivity index (χ4v) is 6.55. The van der Waals surface area contributed by atoms with Crippen LogP contribution in [0.15, 0.2) is 23.1 Å². The average Bonchev–Trinajstić information content (AvgIpc) is 3.01. The second-order valence-corrected chi connectivity index (χ2v) is 10.7. The molecule has 1 aromatic carbocycles. The molecule has 2 fully saturated rings. The Kier molecular flexibility index (Phi) is 8.43. The number of methoxy groups -OCH3 is 1. The van der Waals surface area contributed by atoms with Crippen molar-refractivity contribution in [1.29, 1.82) is 0 Å². The number of benzene rings is 1. The highest BCUT2D eigenvalue weighted by Crippen LogP contribution is 2.32. The number of nitrogens with one attached hydrogen (secondary N) is 1. The van der Waals surface area contributed by atoms with Crippen LogP contribution in [0.2, 0.25) is 5.02 Å². The van der Waals surface area contributed by atoms with Crippen molar-refractivity contribution < 1.29 is 17.9 Å². The minimum Gasteiger partial charge on any atom is -0.495 e. The van der Waals surface area contributed by atoms with Crippen molar-refractivity contribution in [2.24, 2.45) is 0 Å². The maximum Gasteiger partial charge on any atom is 0.243 e. The number of carbonyl (C=O) groups is 1. The molecule has 2 saturated carbocycles. The van der Waals surface area contributed by atoms with Gasteiger partial charge in [-0.3, -0.25) is 4.79 Å². The van der Waals surface area contributed by atoms with Crippen molar-refractivity contribution in [3.05, 3.63) is 23.2 Å². The number of sulfonamides is 1. The van der Waals surface area contributed by atoms with Crippen LogP contribution in [0, 0.1) is 0 Å². The molecule has 2 aliphatic carbocycles. The molecular formula is C22H33ClN2O4S. The van der Waals surface area contributed by atoms with Crippen molar-refractivity contribution >= 4 is 27.5 Å². The SMILES string of the molecule is COc1ccc(S(=O)(=O)N(CC(=O)NC2CCCCCC2)C2CCCCC2)cc1Cl. The summed E-state index contributed by atoms with van der Waals surface area (Å²) in [5, 5.41) is 3.33. The van der Waals surface area contributed by atoms with Gasteiger partial charge in [0.2, 0.25) is 15.9 Å². The minimum absolute atomic E-state index is 0.0983. The molecule has 3 rings (SSSR count). The third-order valence-corrected chi connectivity index (χ3v) is 8.42. The topological polar surface area (TPSA) is 75.7 Å². The Hall–Kier alpha value is -1.31. The Bertz CT molecular complexity index is 816. The summed E-state index contributed by atoms with van der Waals surface area (Å²) in [4.78, 5) is 13.0. The van der Waals surface area contributed by atoms with E-state index in [1.807, 2.05) is 0 Å². The van der Waals surface area contributed by atoms with Gasteiger partial charge in [0.15, 0.2) is 0 Å². The van der Waals surface area contributed by atoms with E-state index in [-0.39, 0.29) is 34.5 Å². The summed E-state index contributed by atoms with van der Waals surface area (Å²) in [5.41, 5.74) is 0. The van der Waals surface area contributed by atoms with Gasteiger partial charge >= 0.3 is 0 Å². The molecule has 0 unspecified atom stereocenters. The van der Waals surface area contributed by atoms with E-state index in [0.717, 1.165) is 57.8 Å². The maximum absolute atomic E-state index is 13.5. The van der Waals surface area contributed by atoms with E-state index in [9.17, 15) is 13.2 Å². The zero-order valence-electron chi connectivity index (χ0n) is 17.7. The molecule has 0 heterocycles. The lowest BCUT2D eigenvalue weighted by molar-refractivity contribution is -0.122. The number of nitrogens with zero attached hydrogens (tertiary/aromatic N) is 1. The van der Waals surface area contributed by atoms with Gasteiger partial charge in [0.25, 0.3) is 0 Å². The molecule has 0 radical (unpaired) electrons. The quantitative estimate of drug-likeness (QED) is 0.612. The van der Waals surface area contributed by atoms with Gasteiger partial charge in [-0.15, -0.1) is 0 Å². The third-order valence-electron chi connectivity index (χ3n) is 6.23. The second kappa shape index (κ2) is 10.8. The van der Waals surface area contributed by atoms with E-state index in [2.05, 4.69) is 5.32 Å². The monoisotopic (exact) mass is 456 g/mol. The molecule has 30 heavy (non-hydrogen) atoms. The first-order chi connectivity index (χ1) is 14.4. The first-order valence-electron chi connectivity index (χ1n) is 11.1. The summed E-state index contributed by atoms with van der Waals surface area (Å²) in [6.07, 6.45) is 11.2. The van der Waals surface area contributed by atoms with E-state index in [4.69, 9.17) is 16.3 Å². The van der Waals surface area contributed by atoms with E-state index in [1.54, 1.807) is 6.07 Å². The van der Waals surface area contributed by atoms with Crippen LogP contribution in [0.1, 0.15) is 70.6 Å². The standard InChI is InChI=1S/C22H33ClN2O4S/c1-29-21-14-13-19(15-20(21)23)30(27,28)25(18-11-7-4-8-12-18)16-22(26)24-17-9-5-2-3-6-10-17/h13-15,17-18H,2-12,16H2,1H3,(H,24,26). The minimum atomic E-state index is -3.86. The van der Waals surface area contributed by atoms with Crippen LogP contribution >= 0.6 is 11.6 Å². The van der Waals surface area contributed by atoms with Crippen LogP contribution in [-0.2, 0) is 14.8 Å². The highest BCUT2D eigenvalue weighted by molar-refractivity contribution is 7.89. The number of ether oxygens (including phenoxy) is 1. The van der Waals surface area contributed by atoms with Crippen LogP contribution in [0.5, 0.6) is 5.75 Å². The zero-order chi connectivity index (χ0) is 21.6.